The summed E-state index contributed by atoms with van der Waals surface area (Å²) in [6.07, 6.45) is 1.29. The van der Waals surface area contributed by atoms with Gasteiger partial charge in [-0.05, 0) is 68.0 Å². The Labute approximate surface area is 127 Å². The topological polar surface area (TPSA) is 29.1 Å². The van der Waals surface area contributed by atoms with Crippen LogP contribution in [0.4, 0.5) is 5.69 Å². The average Bonchev–Trinajstić information content (AvgIpc) is 2.44. The molecule has 0 heterocycles. The molecular weight excluding hydrogens is 258 g/mol. The maximum Gasteiger partial charge on any atom is 0.224 e. The molecule has 0 aliphatic carbocycles. The van der Waals surface area contributed by atoms with Crippen LogP contribution in [0, 0.1) is 27.7 Å². The van der Waals surface area contributed by atoms with Crippen LogP contribution < -0.4 is 5.32 Å². The van der Waals surface area contributed by atoms with Crippen molar-refractivity contribution in [3.05, 3.63) is 64.2 Å². The van der Waals surface area contributed by atoms with Gasteiger partial charge in [0.2, 0.25) is 5.91 Å². The van der Waals surface area contributed by atoms with Crippen molar-refractivity contribution in [3.63, 3.8) is 0 Å². The third-order valence-electron chi connectivity index (χ3n) is 3.88. The molecule has 2 nitrogen and oxygen atoms in total. The predicted molar refractivity (Wildman–Crippen MR) is 88.8 cm³/mol. The van der Waals surface area contributed by atoms with Crippen molar-refractivity contribution in [1.29, 1.82) is 0 Å². The van der Waals surface area contributed by atoms with Gasteiger partial charge in [0.1, 0.15) is 0 Å². The third-order valence-corrected chi connectivity index (χ3v) is 3.88. The van der Waals surface area contributed by atoms with Gasteiger partial charge in [-0.25, -0.2) is 0 Å². The Hall–Kier alpha value is -2.09. The fourth-order valence-electron chi connectivity index (χ4n) is 2.30. The highest BCUT2D eigenvalue weighted by Crippen LogP contribution is 2.17. The summed E-state index contributed by atoms with van der Waals surface area (Å²) in [5.74, 6) is 0.0712. The second-order valence-corrected chi connectivity index (χ2v) is 5.79. The molecule has 0 bridgehead atoms. The summed E-state index contributed by atoms with van der Waals surface area (Å²) in [5.41, 5.74) is 6.96. The molecule has 0 radical (unpaired) electrons. The average molecular weight is 281 g/mol. The molecule has 0 atom stereocenters. The summed E-state index contributed by atoms with van der Waals surface area (Å²) in [6.45, 7) is 8.25. The van der Waals surface area contributed by atoms with Gasteiger partial charge in [-0.1, -0.05) is 30.3 Å². The zero-order chi connectivity index (χ0) is 15.4. The molecule has 0 saturated carbocycles. The van der Waals surface area contributed by atoms with Crippen LogP contribution in [0.2, 0.25) is 0 Å². The molecular formula is C19H23NO. The van der Waals surface area contributed by atoms with Crippen LogP contribution in [-0.4, -0.2) is 5.91 Å². The third kappa shape index (κ3) is 4.19. The van der Waals surface area contributed by atoms with E-state index in [1.54, 1.807) is 0 Å². The number of rotatable bonds is 4. The number of hydrogen-bond donors (Lipinski definition) is 1. The number of amides is 1. The molecule has 2 heteroatoms. The van der Waals surface area contributed by atoms with Crippen molar-refractivity contribution in [2.45, 2.75) is 40.5 Å². The molecule has 0 aromatic heterocycles. The standard InChI is InChI=1S/C19H23NO/c1-13-5-6-15(3)18(11-13)20-19(21)10-9-17-8-7-14(2)16(4)12-17/h5-8,11-12H,9-10H2,1-4H3,(H,20,21). The van der Waals surface area contributed by atoms with E-state index in [1.807, 2.05) is 26.0 Å². The zero-order valence-electron chi connectivity index (χ0n) is 13.3. The molecule has 0 saturated heterocycles. The molecule has 0 fully saturated rings. The molecule has 2 rings (SSSR count). The Kier molecular flexibility index (Phi) is 4.79. The summed E-state index contributed by atoms with van der Waals surface area (Å²) < 4.78 is 0. The summed E-state index contributed by atoms with van der Waals surface area (Å²) in [4.78, 5) is 12.1. The highest BCUT2D eigenvalue weighted by Gasteiger charge is 2.06. The van der Waals surface area contributed by atoms with E-state index in [0.717, 1.165) is 23.2 Å². The minimum absolute atomic E-state index is 0.0712. The van der Waals surface area contributed by atoms with Crippen LogP contribution in [-0.2, 0) is 11.2 Å². The van der Waals surface area contributed by atoms with Crippen LogP contribution >= 0.6 is 0 Å². The monoisotopic (exact) mass is 281 g/mol. The van der Waals surface area contributed by atoms with E-state index in [1.165, 1.54) is 16.7 Å². The van der Waals surface area contributed by atoms with E-state index < -0.39 is 0 Å². The molecule has 1 N–H and O–H groups in total. The Bertz CT molecular complexity index is 659. The molecule has 0 aliphatic heterocycles. The lowest BCUT2D eigenvalue weighted by Gasteiger charge is -2.10. The Balaban J connectivity index is 1.95. The first kappa shape index (κ1) is 15.3. The van der Waals surface area contributed by atoms with Gasteiger partial charge in [-0.2, -0.15) is 0 Å². The van der Waals surface area contributed by atoms with Gasteiger partial charge in [0.05, 0.1) is 0 Å². The van der Waals surface area contributed by atoms with Crippen LogP contribution in [0.5, 0.6) is 0 Å². The first-order valence-corrected chi connectivity index (χ1v) is 7.39. The lowest BCUT2D eigenvalue weighted by atomic mass is 10.0. The second-order valence-electron chi connectivity index (χ2n) is 5.79. The molecule has 0 spiro atoms. The van der Waals surface area contributed by atoms with Gasteiger partial charge in [0.15, 0.2) is 0 Å². The summed E-state index contributed by atoms with van der Waals surface area (Å²) in [5, 5.41) is 3.01. The SMILES string of the molecule is Cc1ccc(C)c(NC(=O)CCc2ccc(C)c(C)c2)c1. The maximum absolute atomic E-state index is 12.1. The first-order valence-electron chi connectivity index (χ1n) is 7.39. The van der Waals surface area contributed by atoms with Crippen molar-refractivity contribution in [2.75, 3.05) is 5.32 Å². The normalized spacial score (nSPS) is 10.5. The van der Waals surface area contributed by atoms with Crippen molar-refractivity contribution >= 4 is 11.6 Å². The molecule has 0 aliphatic rings. The molecule has 2 aromatic carbocycles. The van der Waals surface area contributed by atoms with E-state index in [-0.39, 0.29) is 5.91 Å². The van der Waals surface area contributed by atoms with Gasteiger partial charge in [-0.15, -0.1) is 0 Å². The Morgan fingerprint density at radius 3 is 2.33 bits per heavy atom. The summed E-state index contributed by atoms with van der Waals surface area (Å²) >= 11 is 0. The Morgan fingerprint density at radius 2 is 1.62 bits per heavy atom. The van der Waals surface area contributed by atoms with E-state index >= 15 is 0 Å². The maximum atomic E-state index is 12.1. The number of carbonyl (C=O) groups is 1. The van der Waals surface area contributed by atoms with E-state index in [9.17, 15) is 4.79 Å². The number of anilines is 1. The fourth-order valence-corrected chi connectivity index (χ4v) is 2.30. The zero-order valence-corrected chi connectivity index (χ0v) is 13.3. The van der Waals surface area contributed by atoms with Crippen LogP contribution in [0.1, 0.15) is 34.2 Å². The number of aryl methyl sites for hydroxylation is 5. The van der Waals surface area contributed by atoms with Crippen LogP contribution in [0.25, 0.3) is 0 Å². The van der Waals surface area contributed by atoms with Gasteiger partial charge in [0.25, 0.3) is 0 Å². The van der Waals surface area contributed by atoms with Crippen LogP contribution in [0.15, 0.2) is 36.4 Å². The first-order chi connectivity index (χ1) is 9.95. The number of benzene rings is 2. The van der Waals surface area contributed by atoms with Gasteiger partial charge < -0.3 is 5.32 Å². The highest BCUT2D eigenvalue weighted by molar-refractivity contribution is 5.91. The Morgan fingerprint density at radius 1 is 0.905 bits per heavy atom. The number of carbonyl (C=O) groups excluding carboxylic acids is 1. The highest BCUT2D eigenvalue weighted by atomic mass is 16.1. The van der Waals surface area contributed by atoms with E-state index in [4.69, 9.17) is 0 Å². The molecule has 21 heavy (non-hydrogen) atoms. The van der Waals surface area contributed by atoms with Gasteiger partial charge in [-0.3, -0.25) is 4.79 Å². The number of nitrogens with one attached hydrogen (secondary N) is 1. The lowest BCUT2D eigenvalue weighted by molar-refractivity contribution is -0.116. The fraction of sp³-hybridized carbons (Fsp3) is 0.316. The van der Waals surface area contributed by atoms with Crippen molar-refractivity contribution in [2.24, 2.45) is 0 Å². The molecule has 2 aromatic rings. The smallest absolute Gasteiger partial charge is 0.224 e. The minimum atomic E-state index is 0.0712. The van der Waals surface area contributed by atoms with Crippen molar-refractivity contribution in [3.8, 4) is 0 Å². The van der Waals surface area contributed by atoms with Crippen molar-refractivity contribution in [1.82, 2.24) is 0 Å². The lowest BCUT2D eigenvalue weighted by Crippen LogP contribution is -2.13. The van der Waals surface area contributed by atoms with Gasteiger partial charge >= 0.3 is 0 Å². The van der Waals surface area contributed by atoms with E-state index in [0.29, 0.717) is 6.42 Å². The van der Waals surface area contributed by atoms with Crippen molar-refractivity contribution < 1.29 is 4.79 Å². The predicted octanol–water partition coefficient (Wildman–Crippen LogP) is 4.49. The minimum Gasteiger partial charge on any atom is -0.326 e. The second kappa shape index (κ2) is 6.57. The largest absolute Gasteiger partial charge is 0.326 e. The summed E-state index contributed by atoms with van der Waals surface area (Å²) in [7, 11) is 0. The number of hydrogen-bond acceptors (Lipinski definition) is 1. The van der Waals surface area contributed by atoms with Gasteiger partial charge in [0, 0.05) is 12.1 Å². The quantitative estimate of drug-likeness (QED) is 0.879. The molecule has 1 amide bonds. The van der Waals surface area contributed by atoms with E-state index in [2.05, 4.69) is 43.4 Å². The van der Waals surface area contributed by atoms with Crippen LogP contribution in [0.3, 0.4) is 0 Å². The molecule has 110 valence electrons. The summed E-state index contributed by atoms with van der Waals surface area (Å²) in [6, 6.07) is 12.5. The molecule has 0 unspecified atom stereocenters.